The zero-order valence-electron chi connectivity index (χ0n) is 12.1. The first-order valence-electron chi connectivity index (χ1n) is 7.29. The number of amides is 2. The first-order chi connectivity index (χ1) is 10.1. The maximum absolute atomic E-state index is 12.5. The number of rotatable bonds is 4. The van der Waals surface area contributed by atoms with Gasteiger partial charge < -0.3 is 16.0 Å². The first kappa shape index (κ1) is 16.4. The molecule has 2 atom stereocenters. The van der Waals surface area contributed by atoms with E-state index in [-0.39, 0.29) is 12.1 Å². The second-order valence-electron chi connectivity index (χ2n) is 5.34. The molecule has 6 heteroatoms. The Hall–Kier alpha value is -0.970. The Bertz CT molecular complexity index is 510. The quantitative estimate of drug-likeness (QED) is 0.877. The SMILES string of the molecule is CCN(C(=O)Nc1ccc(Cl)c(Cl)c1)C1CCCC1CN. The fourth-order valence-electron chi connectivity index (χ4n) is 3.00. The van der Waals surface area contributed by atoms with E-state index in [4.69, 9.17) is 28.9 Å². The second-order valence-corrected chi connectivity index (χ2v) is 6.15. The summed E-state index contributed by atoms with van der Waals surface area (Å²) in [5.41, 5.74) is 6.46. The van der Waals surface area contributed by atoms with Crippen molar-refractivity contribution in [1.29, 1.82) is 0 Å². The largest absolute Gasteiger partial charge is 0.330 e. The number of anilines is 1. The molecule has 1 saturated carbocycles. The lowest BCUT2D eigenvalue weighted by Gasteiger charge is -2.32. The number of carbonyl (C=O) groups is 1. The first-order valence-corrected chi connectivity index (χ1v) is 8.05. The molecular weight excluding hydrogens is 309 g/mol. The van der Waals surface area contributed by atoms with Crippen molar-refractivity contribution in [2.24, 2.45) is 11.7 Å². The summed E-state index contributed by atoms with van der Waals surface area (Å²) >= 11 is 11.8. The van der Waals surface area contributed by atoms with Gasteiger partial charge in [0, 0.05) is 18.3 Å². The van der Waals surface area contributed by atoms with Crippen molar-refractivity contribution in [2.75, 3.05) is 18.4 Å². The van der Waals surface area contributed by atoms with Crippen LogP contribution in [0, 0.1) is 5.92 Å². The molecule has 0 bridgehead atoms. The van der Waals surface area contributed by atoms with Crippen LogP contribution in [0.1, 0.15) is 26.2 Å². The number of benzene rings is 1. The highest BCUT2D eigenvalue weighted by molar-refractivity contribution is 6.42. The van der Waals surface area contributed by atoms with Gasteiger partial charge in [-0.2, -0.15) is 0 Å². The predicted octanol–water partition coefficient (Wildman–Crippen LogP) is 3.97. The maximum atomic E-state index is 12.5. The van der Waals surface area contributed by atoms with Gasteiger partial charge in [-0.1, -0.05) is 29.6 Å². The zero-order valence-corrected chi connectivity index (χ0v) is 13.6. The molecule has 0 saturated heterocycles. The lowest BCUT2D eigenvalue weighted by Crippen LogP contribution is -2.46. The van der Waals surface area contributed by atoms with E-state index < -0.39 is 0 Å². The van der Waals surface area contributed by atoms with Crippen LogP contribution in [-0.4, -0.2) is 30.1 Å². The Morgan fingerprint density at radius 2 is 2.14 bits per heavy atom. The van der Waals surface area contributed by atoms with Crippen LogP contribution in [0.25, 0.3) is 0 Å². The van der Waals surface area contributed by atoms with Gasteiger partial charge in [-0.05, 0) is 50.4 Å². The number of hydrogen-bond acceptors (Lipinski definition) is 2. The average molecular weight is 330 g/mol. The fourth-order valence-corrected chi connectivity index (χ4v) is 3.30. The van der Waals surface area contributed by atoms with Crippen molar-refractivity contribution in [3.8, 4) is 0 Å². The molecule has 0 heterocycles. The lowest BCUT2D eigenvalue weighted by molar-refractivity contribution is 0.175. The lowest BCUT2D eigenvalue weighted by atomic mass is 10.0. The Kier molecular flexibility index (Phi) is 5.73. The van der Waals surface area contributed by atoms with Gasteiger partial charge in [0.25, 0.3) is 0 Å². The van der Waals surface area contributed by atoms with Crippen LogP contribution < -0.4 is 11.1 Å². The van der Waals surface area contributed by atoms with Crippen LogP contribution in [0.15, 0.2) is 18.2 Å². The summed E-state index contributed by atoms with van der Waals surface area (Å²) in [6, 6.07) is 5.19. The summed E-state index contributed by atoms with van der Waals surface area (Å²) in [5.74, 6) is 0.393. The molecule has 2 rings (SSSR count). The van der Waals surface area contributed by atoms with E-state index in [1.807, 2.05) is 11.8 Å². The monoisotopic (exact) mass is 329 g/mol. The minimum Gasteiger partial charge on any atom is -0.330 e. The van der Waals surface area contributed by atoms with Crippen LogP contribution in [-0.2, 0) is 0 Å². The van der Waals surface area contributed by atoms with Crippen molar-refractivity contribution in [3.63, 3.8) is 0 Å². The standard InChI is InChI=1S/C15H21Cl2N3O/c1-2-20(14-5-3-4-10(14)9-18)15(21)19-11-6-7-12(16)13(17)8-11/h6-8,10,14H,2-5,9,18H2,1H3,(H,19,21). The van der Waals surface area contributed by atoms with Crippen LogP contribution in [0.4, 0.5) is 10.5 Å². The molecule has 0 aliphatic heterocycles. The van der Waals surface area contributed by atoms with E-state index in [1.165, 1.54) is 0 Å². The molecule has 4 nitrogen and oxygen atoms in total. The van der Waals surface area contributed by atoms with E-state index in [0.29, 0.717) is 34.7 Å². The summed E-state index contributed by atoms with van der Waals surface area (Å²) in [5, 5.41) is 3.79. The van der Waals surface area contributed by atoms with E-state index in [2.05, 4.69) is 5.32 Å². The molecule has 1 aliphatic carbocycles. The van der Waals surface area contributed by atoms with Gasteiger partial charge in [0.1, 0.15) is 0 Å². The summed E-state index contributed by atoms with van der Waals surface area (Å²) < 4.78 is 0. The molecule has 2 amide bonds. The Morgan fingerprint density at radius 1 is 1.38 bits per heavy atom. The van der Waals surface area contributed by atoms with E-state index in [1.54, 1.807) is 18.2 Å². The number of urea groups is 1. The van der Waals surface area contributed by atoms with Crippen molar-refractivity contribution < 1.29 is 4.79 Å². The smallest absolute Gasteiger partial charge is 0.322 e. The number of nitrogens with one attached hydrogen (secondary N) is 1. The van der Waals surface area contributed by atoms with Gasteiger partial charge in [-0.3, -0.25) is 0 Å². The highest BCUT2D eigenvalue weighted by atomic mass is 35.5. The van der Waals surface area contributed by atoms with Crippen molar-refractivity contribution >= 4 is 34.9 Å². The van der Waals surface area contributed by atoms with Gasteiger partial charge in [-0.25, -0.2) is 4.79 Å². The molecule has 1 aliphatic rings. The normalized spacial score (nSPS) is 21.3. The molecule has 1 fully saturated rings. The number of carbonyl (C=O) groups excluding carboxylic acids is 1. The third-order valence-electron chi connectivity index (χ3n) is 4.09. The molecule has 0 spiro atoms. The topological polar surface area (TPSA) is 58.4 Å². The van der Waals surface area contributed by atoms with Crippen molar-refractivity contribution in [3.05, 3.63) is 28.2 Å². The number of halogens is 2. The molecule has 116 valence electrons. The summed E-state index contributed by atoms with van der Waals surface area (Å²) in [7, 11) is 0. The third-order valence-corrected chi connectivity index (χ3v) is 4.83. The van der Waals surface area contributed by atoms with Gasteiger partial charge >= 0.3 is 6.03 Å². The highest BCUT2D eigenvalue weighted by Gasteiger charge is 2.33. The molecule has 0 aromatic heterocycles. The number of nitrogens with zero attached hydrogens (tertiary/aromatic N) is 1. The van der Waals surface area contributed by atoms with Gasteiger partial charge in [-0.15, -0.1) is 0 Å². The molecule has 3 N–H and O–H groups in total. The summed E-state index contributed by atoms with van der Waals surface area (Å²) in [6.07, 6.45) is 3.24. The highest BCUT2D eigenvalue weighted by Crippen LogP contribution is 2.30. The Labute approximate surface area is 135 Å². The van der Waals surface area contributed by atoms with Gasteiger partial charge in [0.05, 0.1) is 10.0 Å². The number of hydrogen-bond donors (Lipinski definition) is 2. The van der Waals surface area contributed by atoms with Crippen LogP contribution in [0.2, 0.25) is 10.0 Å². The predicted molar refractivity (Wildman–Crippen MR) is 88.0 cm³/mol. The Morgan fingerprint density at radius 3 is 2.76 bits per heavy atom. The van der Waals surface area contributed by atoms with E-state index in [9.17, 15) is 4.79 Å². The van der Waals surface area contributed by atoms with Gasteiger partial charge in [0.15, 0.2) is 0 Å². The van der Waals surface area contributed by atoms with Crippen molar-refractivity contribution in [1.82, 2.24) is 4.90 Å². The van der Waals surface area contributed by atoms with E-state index in [0.717, 1.165) is 19.3 Å². The molecule has 0 radical (unpaired) electrons. The Balaban J connectivity index is 2.07. The van der Waals surface area contributed by atoms with Gasteiger partial charge in [0.2, 0.25) is 0 Å². The van der Waals surface area contributed by atoms with E-state index >= 15 is 0 Å². The minimum atomic E-state index is -0.110. The molecule has 1 aromatic carbocycles. The minimum absolute atomic E-state index is 0.110. The summed E-state index contributed by atoms with van der Waals surface area (Å²) in [6.45, 7) is 3.27. The maximum Gasteiger partial charge on any atom is 0.322 e. The van der Waals surface area contributed by atoms with Crippen LogP contribution in [0.5, 0.6) is 0 Å². The van der Waals surface area contributed by atoms with Crippen molar-refractivity contribution in [2.45, 2.75) is 32.2 Å². The zero-order chi connectivity index (χ0) is 15.4. The third kappa shape index (κ3) is 3.82. The molecule has 2 unspecified atom stereocenters. The molecule has 1 aromatic rings. The van der Waals surface area contributed by atoms with Crippen LogP contribution in [0.3, 0.4) is 0 Å². The molecular formula is C15H21Cl2N3O. The number of nitrogens with two attached hydrogens (primary N) is 1. The fraction of sp³-hybridized carbons (Fsp3) is 0.533. The molecule has 21 heavy (non-hydrogen) atoms. The average Bonchev–Trinajstić information content (AvgIpc) is 2.92. The van der Waals surface area contributed by atoms with Crippen LogP contribution >= 0.6 is 23.2 Å². The summed E-state index contributed by atoms with van der Waals surface area (Å²) in [4.78, 5) is 14.4. The second kappa shape index (κ2) is 7.34.